The number of carbonyl (C=O) groups is 2. The highest BCUT2D eigenvalue weighted by Crippen LogP contribution is 2.37. The first kappa shape index (κ1) is 29.6. The molecule has 2 aliphatic rings. The topological polar surface area (TPSA) is 92.6 Å². The second kappa shape index (κ2) is 11.4. The fourth-order valence-electron chi connectivity index (χ4n) is 5.08. The van der Waals surface area contributed by atoms with Crippen molar-refractivity contribution in [1.82, 2.24) is 19.6 Å². The van der Waals surface area contributed by atoms with Gasteiger partial charge in [-0.1, -0.05) is 23.7 Å². The molecule has 0 atom stereocenters. The van der Waals surface area contributed by atoms with Gasteiger partial charge in [0.25, 0.3) is 11.1 Å². The molecule has 0 bridgehead atoms. The van der Waals surface area contributed by atoms with Crippen LogP contribution in [-0.2, 0) is 27.4 Å². The summed E-state index contributed by atoms with van der Waals surface area (Å²) >= 11 is 6.66. The van der Waals surface area contributed by atoms with Crippen molar-refractivity contribution in [2.24, 2.45) is 0 Å². The number of amides is 2. The second-order valence-corrected chi connectivity index (χ2v) is 13.9. The largest absolute Gasteiger partial charge is 0.416 e. The molecule has 2 aliphatic heterocycles. The normalized spacial score (nSPS) is 18.8. The molecule has 3 aromatic rings. The number of halogens is 4. The van der Waals surface area contributed by atoms with Crippen LogP contribution in [0.25, 0.3) is 17.0 Å². The number of sulfone groups is 1. The van der Waals surface area contributed by atoms with E-state index in [-0.39, 0.29) is 45.0 Å². The van der Waals surface area contributed by atoms with E-state index in [0.29, 0.717) is 48.9 Å². The molecule has 0 saturated carbocycles. The highest BCUT2D eigenvalue weighted by molar-refractivity contribution is 8.18. The Morgan fingerprint density at radius 3 is 2.54 bits per heavy atom. The third-order valence-corrected chi connectivity index (χ3v) is 9.23. The summed E-state index contributed by atoms with van der Waals surface area (Å²) < 4.78 is 65.0. The van der Waals surface area contributed by atoms with E-state index >= 15 is 0 Å². The van der Waals surface area contributed by atoms with Crippen molar-refractivity contribution in [2.45, 2.75) is 31.6 Å². The van der Waals surface area contributed by atoms with E-state index in [4.69, 9.17) is 11.6 Å². The number of piperidine rings is 1. The summed E-state index contributed by atoms with van der Waals surface area (Å²) in [6, 6.07) is 8.59. The summed E-state index contributed by atoms with van der Waals surface area (Å²) in [5.74, 6) is -0.297. The van der Waals surface area contributed by atoms with Gasteiger partial charge in [0.15, 0.2) is 0 Å². The van der Waals surface area contributed by atoms with Crippen LogP contribution < -0.4 is 0 Å². The summed E-state index contributed by atoms with van der Waals surface area (Å²) in [7, 11) is -3.06. The van der Waals surface area contributed by atoms with E-state index in [0.717, 1.165) is 17.8 Å². The molecule has 2 amide bonds. The molecule has 2 fully saturated rings. The number of rotatable bonds is 7. The van der Waals surface area contributed by atoms with E-state index in [2.05, 4.69) is 5.10 Å². The highest BCUT2D eigenvalue weighted by atomic mass is 35.5. The predicted octanol–water partition coefficient (Wildman–Crippen LogP) is 5.30. The Morgan fingerprint density at radius 2 is 1.85 bits per heavy atom. The van der Waals surface area contributed by atoms with Crippen LogP contribution in [-0.4, -0.2) is 76.8 Å². The smallest absolute Gasteiger partial charge is 0.302 e. The first-order valence-electron chi connectivity index (χ1n) is 12.8. The Bertz CT molecular complexity index is 1650. The van der Waals surface area contributed by atoms with Crippen LogP contribution in [0.5, 0.6) is 0 Å². The van der Waals surface area contributed by atoms with E-state index in [1.165, 1.54) is 28.0 Å². The average Bonchev–Trinajstić information content (AvgIpc) is 3.42. The Kier molecular flexibility index (Phi) is 8.25. The lowest BCUT2D eigenvalue weighted by molar-refractivity contribution is -0.138. The molecule has 5 rings (SSSR count). The molecular weight excluding hydrogens is 601 g/mol. The Labute approximate surface area is 244 Å². The summed E-state index contributed by atoms with van der Waals surface area (Å²) in [4.78, 5) is 29.5. The Balaban J connectivity index is 1.29. The number of imide groups is 1. The molecular formula is C27H26ClF3N4O4S2. The van der Waals surface area contributed by atoms with E-state index in [9.17, 15) is 31.2 Å². The van der Waals surface area contributed by atoms with Gasteiger partial charge in [-0.3, -0.25) is 19.2 Å². The van der Waals surface area contributed by atoms with Crippen molar-refractivity contribution in [3.05, 3.63) is 69.2 Å². The van der Waals surface area contributed by atoms with Gasteiger partial charge in [0, 0.05) is 42.3 Å². The lowest BCUT2D eigenvalue weighted by atomic mass is 10.0. The van der Waals surface area contributed by atoms with Gasteiger partial charge in [0.1, 0.15) is 9.84 Å². The van der Waals surface area contributed by atoms with Gasteiger partial charge in [0.2, 0.25) is 0 Å². The molecule has 2 aromatic carbocycles. The summed E-state index contributed by atoms with van der Waals surface area (Å²) in [5, 5.41) is 4.59. The minimum absolute atomic E-state index is 0.00415. The van der Waals surface area contributed by atoms with Crippen molar-refractivity contribution >= 4 is 61.3 Å². The molecule has 218 valence electrons. The first-order chi connectivity index (χ1) is 19.3. The third-order valence-electron chi connectivity index (χ3n) is 7.19. The highest BCUT2D eigenvalue weighted by Gasteiger charge is 2.41. The molecule has 14 heteroatoms. The second-order valence-electron chi connectivity index (χ2n) is 10.2. The van der Waals surface area contributed by atoms with Gasteiger partial charge >= 0.3 is 6.18 Å². The molecule has 3 heterocycles. The minimum Gasteiger partial charge on any atom is -0.302 e. The van der Waals surface area contributed by atoms with Crippen molar-refractivity contribution in [1.29, 1.82) is 0 Å². The van der Waals surface area contributed by atoms with Crippen molar-refractivity contribution in [3.63, 3.8) is 0 Å². The first-order valence-corrected chi connectivity index (χ1v) is 16.0. The molecule has 2 saturated heterocycles. The van der Waals surface area contributed by atoms with Crippen LogP contribution >= 0.6 is 23.4 Å². The van der Waals surface area contributed by atoms with Gasteiger partial charge < -0.3 is 4.90 Å². The van der Waals surface area contributed by atoms with Gasteiger partial charge in [-0.15, -0.1) is 0 Å². The van der Waals surface area contributed by atoms with Crippen molar-refractivity contribution < 1.29 is 31.2 Å². The fraction of sp³-hybridized carbons (Fsp3) is 0.370. The van der Waals surface area contributed by atoms with Crippen LogP contribution in [0.15, 0.2) is 47.5 Å². The predicted molar refractivity (Wildman–Crippen MR) is 152 cm³/mol. The van der Waals surface area contributed by atoms with Gasteiger partial charge in [0.05, 0.1) is 34.5 Å². The summed E-state index contributed by atoms with van der Waals surface area (Å²) in [5.41, 5.74) is 0.480. The Morgan fingerprint density at radius 1 is 1.12 bits per heavy atom. The number of hydrogen-bond acceptors (Lipinski definition) is 7. The quantitative estimate of drug-likeness (QED) is 0.329. The number of hydrogen-bond donors (Lipinski definition) is 0. The van der Waals surface area contributed by atoms with Crippen LogP contribution in [0.1, 0.15) is 29.5 Å². The van der Waals surface area contributed by atoms with Crippen LogP contribution in [0.3, 0.4) is 0 Å². The molecule has 0 spiro atoms. The SMILES string of the molecule is CS(=O)(=O)CCN1CCC(N2C(=O)S/C(=C\c3ccc4c(cnn4Cc4ccc(Cl)cc4C(F)(F)F)c3)C2=O)CC1. The number of aromatic nitrogens is 2. The number of alkyl halides is 3. The molecule has 8 nitrogen and oxygen atoms in total. The zero-order valence-electron chi connectivity index (χ0n) is 21.9. The number of thioether (sulfide) groups is 1. The molecule has 1 aromatic heterocycles. The maximum Gasteiger partial charge on any atom is 0.416 e. The molecule has 41 heavy (non-hydrogen) atoms. The molecule has 0 N–H and O–H groups in total. The number of carbonyl (C=O) groups excluding carboxylic acids is 2. The minimum atomic E-state index is -4.56. The lowest BCUT2D eigenvalue weighted by Crippen LogP contribution is -2.47. The lowest BCUT2D eigenvalue weighted by Gasteiger charge is -2.35. The van der Waals surface area contributed by atoms with Crippen molar-refractivity contribution in [2.75, 3.05) is 31.6 Å². The summed E-state index contributed by atoms with van der Waals surface area (Å²) in [6.45, 7) is 1.51. The van der Waals surface area contributed by atoms with Crippen LogP contribution in [0.4, 0.5) is 18.0 Å². The zero-order valence-corrected chi connectivity index (χ0v) is 24.3. The Hall–Kier alpha value is -2.87. The standard InChI is InChI=1S/C27H26ClF3N4O4S2/c1-41(38,39)11-10-33-8-6-21(7-9-33)35-25(36)24(40-26(35)37)13-17-2-5-23-19(12-17)15-32-34(23)16-18-3-4-20(28)14-22(18)27(29,30)31/h2-5,12-15,21H,6-11,16H2,1H3/b24-13-. The molecule has 0 unspecified atom stereocenters. The van der Waals surface area contributed by atoms with E-state index < -0.39 is 21.6 Å². The zero-order chi connectivity index (χ0) is 29.5. The third kappa shape index (κ3) is 6.79. The molecule has 0 radical (unpaired) electrons. The maximum absolute atomic E-state index is 13.5. The number of benzene rings is 2. The van der Waals surface area contributed by atoms with Crippen molar-refractivity contribution in [3.8, 4) is 0 Å². The number of nitrogens with zero attached hydrogens (tertiary/aromatic N) is 4. The maximum atomic E-state index is 13.5. The van der Waals surface area contributed by atoms with Crippen LogP contribution in [0, 0.1) is 0 Å². The van der Waals surface area contributed by atoms with Gasteiger partial charge in [-0.05, 0) is 66.1 Å². The van der Waals surface area contributed by atoms with E-state index in [1.54, 1.807) is 30.5 Å². The molecule has 0 aliphatic carbocycles. The van der Waals surface area contributed by atoms with Gasteiger partial charge in [-0.25, -0.2) is 8.42 Å². The summed E-state index contributed by atoms with van der Waals surface area (Å²) in [6.07, 6.45) is 0.954. The average molecular weight is 627 g/mol. The van der Waals surface area contributed by atoms with Gasteiger partial charge in [-0.2, -0.15) is 18.3 Å². The van der Waals surface area contributed by atoms with Crippen LogP contribution in [0.2, 0.25) is 5.02 Å². The fourth-order valence-corrected chi connectivity index (χ4v) is 6.74. The number of fused-ring (bicyclic) bond motifs is 1. The van der Waals surface area contributed by atoms with E-state index in [1.807, 2.05) is 4.90 Å². The monoisotopic (exact) mass is 626 g/mol. The number of likely N-dealkylation sites (tertiary alicyclic amines) is 1.